The van der Waals surface area contributed by atoms with Crippen molar-refractivity contribution in [2.24, 2.45) is 0 Å². The Morgan fingerprint density at radius 3 is 2.29 bits per heavy atom. The number of aliphatic hydroxyl groups is 1. The second-order valence-electron chi connectivity index (χ2n) is 4.34. The highest BCUT2D eigenvalue weighted by atomic mass is 19.2. The van der Waals surface area contributed by atoms with Crippen LogP contribution in [0.15, 0.2) is 36.4 Å². The van der Waals surface area contributed by atoms with E-state index in [9.17, 15) is 18.9 Å². The van der Waals surface area contributed by atoms with Crippen LogP contribution in [0.5, 0.6) is 0 Å². The van der Waals surface area contributed by atoms with E-state index in [1.54, 1.807) is 24.3 Å². The molecule has 7 heteroatoms. The molecule has 21 heavy (non-hydrogen) atoms. The summed E-state index contributed by atoms with van der Waals surface area (Å²) in [4.78, 5) is 10.1. The number of benzene rings is 2. The van der Waals surface area contributed by atoms with Gasteiger partial charge >= 0.3 is 0 Å². The van der Waals surface area contributed by atoms with Crippen LogP contribution in [0.25, 0.3) is 0 Å². The molecule has 0 saturated carbocycles. The Morgan fingerprint density at radius 2 is 1.71 bits per heavy atom. The molecule has 2 rings (SSSR count). The molecular formula is C14H12F2N2O3. The van der Waals surface area contributed by atoms with Gasteiger partial charge in [0.2, 0.25) is 0 Å². The molecule has 0 heterocycles. The van der Waals surface area contributed by atoms with Gasteiger partial charge in [0, 0.05) is 12.6 Å². The highest BCUT2D eigenvalue weighted by Gasteiger charge is 2.21. The van der Waals surface area contributed by atoms with Gasteiger partial charge in [0.15, 0.2) is 17.3 Å². The number of halogens is 2. The van der Waals surface area contributed by atoms with Crippen molar-refractivity contribution in [3.8, 4) is 0 Å². The number of nitro groups is 1. The van der Waals surface area contributed by atoms with Crippen molar-refractivity contribution in [1.29, 1.82) is 0 Å². The first-order valence-corrected chi connectivity index (χ1v) is 6.08. The fourth-order valence-electron chi connectivity index (χ4n) is 1.81. The summed E-state index contributed by atoms with van der Waals surface area (Å²) in [6.45, 7) is -0.00930. The van der Waals surface area contributed by atoms with E-state index in [0.717, 1.165) is 6.07 Å². The van der Waals surface area contributed by atoms with Crippen molar-refractivity contribution in [2.75, 3.05) is 5.32 Å². The molecule has 0 aliphatic carbocycles. The highest BCUT2D eigenvalue weighted by molar-refractivity contribution is 5.62. The number of nitro benzene ring substituents is 1. The van der Waals surface area contributed by atoms with E-state index in [2.05, 4.69) is 5.32 Å². The van der Waals surface area contributed by atoms with Crippen molar-refractivity contribution >= 4 is 11.4 Å². The van der Waals surface area contributed by atoms with Gasteiger partial charge in [0.25, 0.3) is 5.69 Å². The van der Waals surface area contributed by atoms with Gasteiger partial charge in [0.05, 0.1) is 11.5 Å². The minimum absolute atomic E-state index is 0.0902. The van der Waals surface area contributed by atoms with Crippen molar-refractivity contribution in [3.05, 3.63) is 69.3 Å². The van der Waals surface area contributed by atoms with Gasteiger partial charge < -0.3 is 10.4 Å². The summed E-state index contributed by atoms with van der Waals surface area (Å²) in [5.74, 6) is -2.44. The van der Waals surface area contributed by atoms with Crippen LogP contribution in [0.2, 0.25) is 0 Å². The van der Waals surface area contributed by atoms with E-state index in [4.69, 9.17) is 5.11 Å². The Morgan fingerprint density at radius 1 is 1.10 bits per heavy atom. The van der Waals surface area contributed by atoms with Crippen LogP contribution < -0.4 is 5.32 Å². The molecule has 0 aliphatic rings. The largest absolute Gasteiger partial charge is 0.392 e. The lowest BCUT2D eigenvalue weighted by Crippen LogP contribution is -2.06. The van der Waals surface area contributed by atoms with Crippen molar-refractivity contribution in [3.63, 3.8) is 0 Å². The summed E-state index contributed by atoms with van der Waals surface area (Å²) in [6, 6.07) is 8.34. The lowest BCUT2D eigenvalue weighted by atomic mass is 10.1. The summed E-state index contributed by atoms with van der Waals surface area (Å²) in [5.41, 5.74) is 0.416. The molecule has 0 aromatic heterocycles. The number of nitrogens with one attached hydrogen (secondary N) is 1. The molecule has 2 aromatic rings. The first-order valence-electron chi connectivity index (χ1n) is 6.08. The van der Waals surface area contributed by atoms with E-state index < -0.39 is 27.9 Å². The van der Waals surface area contributed by atoms with Gasteiger partial charge in [-0.2, -0.15) is 0 Å². The average Bonchev–Trinajstić information content (AvgIpc) is 2.49. The van der Waals surface area contributed by atoms with Crippen molar-refractivity contribution in [2.45, 2.75) is 13.2 Å². The zero-order chi connectivity index (χ0) is 15.4. The minimum atomic E-state index is -1.28. The fraction of sp³-hybridized carbons (Fsp3) is 0.143. The number of anilines is 1. The molecule has 5 nitrogen and oxygen atoms in total. The quantitative estimate of drug-likeness (QED) is 0.656. The van der Waals surface area contributed by atoms with E-state index >= 15 is 0 Å². The summed E-state index contributed by atoms with van der Waals surface area (Å²) >= 11 is 0. The van der Waals surface area contributed by atoms with Crippen molar-refractivity contribution < 1.29 is 18.8 Å². The van der Waals surface area contributed by atoms with Gasteiger partial charge in [-0.15, -0.1) is 0 Å². The molecule has 0 aliphatic heterocycles. The predicted molar refractivity (Wildman–Crippen MR) is 72.7 cm³/mol. The standard InChI is InChI=1S/C14H12F2N2O3/c15-11-5-6-12(18(20)21)14(13(11)16)17-7-9-1-3-10(8-19)4-2-9/h1-6,17,19H,7-8H2. The van der Waals surface area contributed by atoms with E-state index in [1.165, 1.54) is 0 Å². The second kappa shape index (κ2) is 6.27. The smallest absolute Gasteiger partial charge is 0.295 e. The van der Waals surface area contributed by atoms with Crippen LogP contribution in [0.1, 0.15) is 11.1 Å². The number of rotatable bonds is 5. The lowest BCUT2D eigenvalue weighted by molar-refractivity contribution is -0.384. The van der Waals surface area contributed by atoms with Crippen LogP contribution in [-0.4, -0.2) is 10.0 Å². The summed E-state index contributed by atoms with van der Waals surface area (Å²) in [6.07, 6.45) is 0. The van der Waals surface area contributed by atoms with Gasteiger partial charge in [-0.05, 0) is 17.2 Å². The topological polar surface area (TPSA) is 75.4 Å². The maximum atomic E-state index is 13.7. The molecule has 0 spiro atoms. The fourth-order valence-corrected chi connectivity index (χ4v) is 1.81. The number of hydrogen-bond donors (Lipinski definition) is 2. The molecule has 0 unspecified atom stereocenters. The Bertz CT molecular complexity index is 660. The Labute approximate surface area is 119 Å². The number of aliphatic hydroxyl groups excluding tert-OH is 1. The molecule has 0 saturated heterocycles. The number of hydrogen-bond acceptors (Lipinski definition) is 4. The van der Waals surface area contributed by atoms with Crippen LogP contribution in [0.4, 0.5) is 20.2 Å². The monoisotopic (exact) mass is 294 g/mol. The van der Waals surface area contributed by atoms with Gasteiger partial charge in [-0.1, -0.05) is 24.3 Å². The Kier molecular flexibility index (Phi) is 4.44. The average molecular weight is 294 g/mol. The number of nitrogens with zero attached hydrogens (tertiary/aromatic N) is 1. The van der Waals surface area contributed by atoms with Gasteiger partial charge in [-0.25, -0.2) is 8.78 Å². The Balaban J connectivity index is 2.22. The molecule has 0 fully saturated rings. The second-order valence-corrected chi connectivity index (χ2v) is 4.34. The van der Waals surface area contributed by atoms with E-state index in [0.29, 0.717) is 17.2 Å². The third-order valence-electron chi connectivity index (χ3n) is 2.94. The first kappa shape index (κ1) is 14.9. The summed E-state index contributed by atoms with van der Waals surface area (Å²) in [5, 5.41) is 22.3. The van der Waals surface area contributed by atoms with Crippen LogP contribution in [0, 0.1) is 21.7 Å². The normalized spacial score (nSPS) is 10.4. The molecule has 2 aromatic carbocycles. The molecular weight excluding hydrogens is 282 g/mol. The minimum Gasteiger partial charge on any atom is -0.392 e. The SMILES string of the molecule is O=[N+]([O-])c1ccc(F)c(F)c1NCc1ccc(CO)cc1. The third kappa shape index (κ3) is 3.32. The Hall–Kier alpha value is -2.54. The highest BCUT2D eigenvalue weighted by Crippen LogP contribution is 2.29. The molecule has 0 bridgehead atoms. The molecule has 0 radical (unpaired) electrons. The zero-order valence-electron chi connectivity index (χ0n) is 10.8. The lowest BCUT2D eigenvalue weighted by Gasteiger charge is -2.09. The van der Waals surface area contributed by atoms with Gasteiger partial charge in [0.1, 0.15) is 0 Å². The van der Waals surface area contributed by atoms with E-state index in [1.807, 2.05) is 0 Å². The maximum absolute atomic E-state index is 13.7. The molecule has 0 amide bonds. The van der Waals surface area contributed by atoms with Crippen LogP contribution in [-0.2, 0) is 13.2 Å². The van der Waals surface area contributed by atoms with E-state index in [-0.39, 0.29) is 13.2 Å². The molecule has 110 valence electrons. The van der Waals surface area contributed by atoms with Gasteiger partial charge in [-0.3, -0.25) is 10.1 Å². The molecule has 2 N–H and O–H groups in total. The summed E-state index contributed by atoms with van der Waals surface area (Å²) < 4.78 is 26.9. The first-order chi connectivity index (χ1) is 10.0. The zero-order valence-corrected chi connectivity index (χ0v) is 10.8. The molecule has 0 atom stereocenters. The maximum Gasteiger partial charge on any atom is 0.295 e. The van der Waals surface area contributed by atoms with Crippen LogP contribution >= 0.6 is 0 Å². The summed E-state index contributed by atoms with van der Waals surface area (Å²) in [7, 11) is 0. The van der Waals surface area contributed by atoms with Crippen molar-refractivity contribution in [1.82, 2.24) is 0 Å². The van der Waals surface area contributed by atoms with Crippen LogP contribution in [0.3, 0.4) is 0 Å². The predicted octanol–water partition coefficient (Wildman–Crippen LogP) is 2.98. The third-order valence-corrected chi connectivity index (χ3v) is 2.94.